The topological polar surface area (TPSA) is 109 Å². The highest BCUT2D eigenvalue weighted by Gasteiger charge is 2.69. The SMILES string of the molecule is Cc1ccc(NC(=O)COc2ccc(Cl)cc2[C@@H]2c3sc(=O)[nH]c3S[C@@H]3[C@@H]4C[C@@H]([C@@H]5C(=O)N(c6ccccc6)C(=O)[C@@H]45)[C@H]23)cc1. The number of hydrogen-bond acceptors (Lipinski definition) is 7. The Kier molecular flexibility index (Phi) is 6.92. The van der Waals surface area contributed by atoms with Gasteiger partial charge in [0.15, 0.2) is 6.61 Å². The molecule has 8 rings (SSSR count). The lowest BCUT2D eigenvalue weighted by atomic mass is 9.68. The highest BCUT2D eigenvalue weighted by Crippen LogP contribution is 2.69. The number of ether oxygens (including phenoxy) is 1. The fourth-order valence-electron chi connectivity index (χ4n) is 8.07. The van der Waals surface area contributed by atoms with Gasteiger partial charge in [-0.2, -0.15) is 0 Å². The molecule has 3 fully saturated rings. The summed E-state index contributed by atoms with van der Waals surface area (Å²) in [7, 11) is 0. The van der Waals surface area contributed by atoms with Crippen LogP contribution in [0.2, 0.25) is 5.02 Å². The van der Waals surface area contributed by atoms with Gasteiger partial charge in [-0.1, -0.05) is 58.8 Å². The number of nitrogens with zero attached hydrogens (tertiary/aromatic N) is 1. The normalized spacial score (nSPS) is 27.7. The summed E-state index contributed by atoms with van der Waals surface area (Å²) >= 11 is 9.37. The predicted octanol–water partition coefficient (Wildman–Crippen LogP) is 6.09. The van der Waals surface area contributed by atoms with Crippen LogP contribution in [-0.2, 0) is 14.4 Å². The smallest absolute Gasteiger partial charge is 0.305 e. The third-order valence-electron chi connectivity index (χ3n) is 9.74. The van der Waals surface area contributed by atoms with Gasteiger partial charge in [-0.05, 0) is 73.6 Å². The highest BCUT2D eigenvalue weighted by molar-refractivity contribution is 8.00. The molecule has 3 aromatic carbocycles. The predicted molar refractivity (Wildman–Crippen MR) is 174 cm³/mol. The number of carbonyl (C=O) groups excluding carboxylic acids is 3. The van der Waals surface area contributed by atoms with Crippen molar-refractivity contribution in [1.29, 1.82) is 0 Å². The summed E-state index contributed by atoms with van der Waals surface area (Å²) in [4.78, 5) is 58.5. The number of carbonyl (C=O) groups is 3. The minimum atomic E-state index is -0.423. The molecule has 45 heavy (non-hydrogen) atoms. The number of H-pyrrole nitrogens is 1. The molecule has 4 aromatic rings. The summed E-state index contributed by atoms with van der Waals surface area (Å²) < 4.78 is 6.16. The van der Waals surface area contributed by atoms with Crippen LogP contribution in [0.4, 0.5) is 11.4 Å². The molecule has 2 bridgehead atoms. The van der Waals surface area contributed by atoms with E-state index in [0.717, 1.165) is 38.8 Å². The molecule has 1 aromatic heterocycles. The monoisotopic (exact) mass is 657 g/mol. The lowest BCUT2D eigenvalue weighted by Gasteiger charge is -2.43. The van der Waals surface area contributed by atoms with E-state index in [1.54, 1.807) is 36.0 Å². The van der Waals surface area contributed by atoms with Crippen molar-refractivity contribution < 1.29 is 19.1 Å². The molecule has 7 atom stereocenters. The van der Waals surface area contributed by atoms with Crippen molar-refractivity contribution in [3.63, 3.8) is 0 Å². The van der Waals surface area contributed by atoms with Crippen LogP contribution in [0.15, 0.2) is 82.6 Å². The number of rotatable bonds is 6. The van der Waals surface area contributed by atoms with Crippen LogP contribution in [-0.4, -0.2) is 34.6 Å². The molecule has 0 spiro atoms. The van der Waals surface area contributed by atoms with Crippen LogP contribution in [0.3, 0.4) is 0 Å². The summed E-state index contributed by atoms with van der Waals surface area (Å²) in [5.74, 6) is -1.29. The first-order valence-electron chi connectivity index (χ1n) is 14.9. The molecular formula is C34H28ClN3O5S2. The summed E-state index contributed by atoms with van der Waals surface area (Å²) in [6, 6.07) is 22.0. The third kappa shape index (κ3) is 4.64. The van der Waals surface area contributed by atoms with Crippen LogP contribution < -0.4 is 19.8 Å². The van der Waals surface area contributed by atoms with Gasteiger partial charge in [0, 0.05) is 32.3 Å². The van der Waals surface area contributed by atoms with Gasteiger partial charge in [0.25, 0.3) is 5.91 Å². The number of thioether (sulfide) groups is 1. The van der Waals surface area contributed by atoms with Crippen LogP contribution in [0, 0.1) is 36.5 Å². The first kappa shape index (κ1) is 28.6. The van der Waals surface area contributed by atoms with Crippen LogP contribution >= 0.6 is 34.7 Å². The Morgan fingerprint density at radius 3 is 2.49 bits per heavy atom. The number of aromatic nitrogens is 1. The molecule has 0 radical (unpaired) electrons. The standard InChI is InChI=1S/C34H28ClN3O5S2/c1-16-7-10-18(11-8-16)36-24(39)15-43-23-12-9-17(35)13-20(23)25-26-21-14-22(29(26)44-31-30(25)45-34(42)37-31)28-27(21)32(40)38(33(28)41)19-5-3-2-4-6-19/h2-13,21-22,25-29H,14-15H2,1H3,(H,36,39)(H,37,42)/t21-,22-,25+,26-,27+,28+,29-/m1/s1. The summed E-state index contributed by atoms with van der Waals surface area (Å²) in [5, 5.41) is 4.18. The van der Waals surface area contributed by atoms with E-state index in [-0.39, 0.29) is 64.0 Å². The van der Waals surface area contributed by atoms with Crippen LogP contribution in [0.1, 0.15) is 28.3 Å². The minimum Gasteiger partial charge on any atom is -0.483 e. The first-order chi connectivity index (χ1) is 21.8. The van der Waals surface area contributed by atoms with Crippen molar-refractivity contribution in [2.75, 3.05) is 16.8 Å². The second-order valence-corrected chi connectivity index (χ2v) is 14.8. The third-order valence-corrected chi connectivity index (χ3v) is 12.6. The quantitative estimate of drug-likeness (QED) is 0.243. The second-order valence-electron chi connectivity index (χ2n) is 12.2. The van der Waals surface area contributed by atoms with Crippen molar-refractivity contribution in [2.24, 2.45) is 29.6 Å². The van der Waals surface area contributed by atoms with Crippen LogP contribution in [0.25, 0.3) is 0 Å². The largest absolute Gasteiger partial charge is 0.483 e. The summed E-state index contributed by atoms with van der Waals surface area (Å²) in [5.41, 5.74) is 3.15. The maximum absolute atomic E-state index is 14.0. The van der Waals surface area contributed by atoms with Gasteiger partial charge >= 0.3 is 4.87 Å². The molecule has 2 aliphatic heterocycles. The number of amides is 3. The number of benzene rings is 3. The molecule has 2 N–H and O–H groups in total. The van der Waals surface area contributed by atoms with E-state index < -0.39 is 5.92 Å². The fraction of sp³-hybridized carbons (Fsp3) is 0.294. The molecule has 1 saturated heterocycles. The van der Waals surface area contributed by atoms with E-state index in [2.05, 4.69) is 10.3 Å². The number of para-hydroxylation sites is 1. The van der Waals surface area contributed by atoms with Gasteiger partial charge in [0.2, 0.25) is 11.8 Å². The minimum absolute atomic E-state index is 0.0111. The highest BCUT2D eigenvalue weighted by atomic mass is 35.5. The van der Waals surface area contributed by atoms with E-state index in [9.17, 15) is 19.2 Å². The molecule has 3 heterocycles. The van der Waals surface area contributed by atoms with Gasteiger partial charge in [0.05, 0.1) is 22.5 Å². The Hall–Kier alpha value is -3.86. The van der Waals surface area contributed by atoms with Gasteiger partial charge in [-0.15, -0.1) is 11.8 Å². The average Bonchev–Trinajstić information content (AvgIpc) is 3.77. The molecule has 2 aliphatic carbocycles. The zero-order valence-electron chi connectivity index (χ0n) is 24.1. The number of aryl methyl sites for hydroxylation is 1. The number of fused-ring (bicyclic) bond motifs is 9. The van der Waals surface area contributed by atoms with E-state index in [1.807, 2.05) is 55.5 Å². The number of nitrogens with one attached hydrogen (secondary N) is 2. The maximum atomic E-state index is 14.0. The van der Waals surface area contributed by atoms with E-state index in [4.69, 9.17) is 16.3 Å². The Morgan fingerprint density at radius 2 is 1.73 bits per heavy atom. The van der Waals surface area contributed by atoms with Gasteiger partial charge in [0.1, 0.15) is 5.75 Å². The average molecular weight is 658 g/mol. The lowest BCUT2D eigenvalue weighted by molar-refractivity contribution is -0.123. The van der Waals surface area contributed by atoms with Crippen molar-refractivity contribution >= 4 is 63.8 Å². The second kappa shape index (κ2) is 10.9. The zero-order valence-corrected chi connectivity index (χ0v) is 26.5. The first-order valence-corrected chi connectivity index (χ1v) is 17.0. The number of thiazole rings is 1. The Balaban J connectivity index is 1.14. The molecule has 0 unspecified atom stereocenters. The molecule has 228 valence electrons. The summed E-state index contributed by atoms with van der Waals surface area (Å²) in [6.07, 6.45) is 0.767. The van der Waals surface area contributed by atoms with Crippen molar-refractivity contribution in [2.45, 2.75) is 29.5 Å². The van der Waals surface area contributed by atoms with Gasteiger partial charge in [-0.25, -0.2) is 0 Å². The number of halogens is 1. The summed E-state index contributed by atoms with van der Waals surface area (Å²) in [6.45, 7) is 1.76. The molecular weight excluding hydrogens is 630 g/mol. The Labute approximate surface area is 272 Å². The van der Waals surface area contributed by atoms with E-state index >= 15 is 0 Å². The number of aromatic amines is 1. The van der Waals surface area contributed by atoms with Crippen molar-refractivity contribution in [3.05, 3.63) is 103 Å². The molecule has 3 amide bonds. The van der Waals surface area contributed by atoms with E-state index in [0.29, 0.717) is 22.1 Å². The fourth-order valence-corrected chi connectivity index (χ4v) is 11.1. The Bertz CT molecular complexity index is 1910. The Morgan fingerprint density at radius 1 is 1.00 bits per heavy atom. The number of hydrogen-bond donors (Lipinski definition) is 2. The molecule has 8 nitrogen and oxygen atoms in total. The zero-order chi connectivity index (χ0) is 31.0. The molecule has 2 saturated carbocycles. The molecule has 4 aliphatic rings. The van der Waals surface area contributed by atoms with Gasteiger partial charge in [-0.3, -0.25) is 24.1 Å². The van der Waals surface area contributed by atoms with Crippen molar-refractivity contribution in [3.8, 4) is 5.75 Å². The van der Waals surface area contributed by atoms with Crippen molar-refractivity contribution in [1.82, 2.24) is 4.98 Å². The molecule has 11 heteroatoms. The lowest BCUT2D eigenvalue weighted by Crippen LogP contribution is -2.42. The van der Waals surface area contributed by atoms with Gasteiger partial charge < -0.3 is 15.0 Å². The van der Waals surface area contributed by atoms with Crippen LogP contribution in [0.5, 0.6) is 5.75 Å². The maximum Gasteiger partial charge on any atom is 0.305 e. The number of anilines is 2. The van der Waals surface area contributed by atoms with E-state index in [1.165, 1.54) is 4.90 Å². The number of imide groups is 1.